The van der Waals surface area contributed by atoms with Gasteiger partial charge in [-0.3, -0.25) is 4.57 Å². The number of hydrogen-bond acceptors (Lipinski definition) is 7. The van der Waals surface area contributed by atoms with Crippen LogP contribution in [-0.2, 0) is 4.74 Å². The number of aliphatic hydroxyl groups is 3. The van der Waals surface area contributed by atoms with E-state index in [1.54, 1.807) is 7.05 Å². The summed E-state index contributed by atoms with van der Waals surface area (Å²) in [6.45, 7) is 3.56. The number of ether oxygens (including phenoxy) is 1. The Hall–Kier alpha value is -1.48. The molecule has 0 aromatic carbocycles. The molecule has 20 heavy (non-hydrogen) atoms. The van der Waals surface area contributed by atoms with Crippen LogP contribution in [-0.4, -0.2) is 56.8 Å². The molecule has 1 aromatic heterocycles. The van der Waals surface area contributed by atoms with Crippen LogP contribution in [0.2, 0.25) is 0 Å². The summed E-state index contributed by atoms with van der Waals surface area (Å²) in [4.78, 5) is 15.4. The first kappa shape index (κ1) is 16.6. The Bertz CT molecular complexity index is 478. The van der Waals surface area contributed by atoms with E-state index in [-0.39, 0.29) is 0 Å². The van der Waals surface area contributed by atoms with Crippen molar-refractivity contribution in [3.05, 3.63) is 22.7 Å². The van der Waals surface area contributed by atoms with Gasteiger partial charge in [0.2, 0.25) is 0 Å². The van der Waals surface area contributed by atoms with Gasteiger partial charge >= 0.3 is 5.69 Å². The molecule has 1 saturated heterocycles. The molecular weight excluding hydrogens is 266 g/mol. The summed E-state index contributed by atoms with van der Waals surface area (Å²) in [5.41, 5.74) is -0.614. The standard InChI is InChI=1S/C10H15N3O5.C2H6/c1-11-6-2-3-13(10(17)12-6)9-8(16)7(15)5(4-14)18-9;1-2/h2-3,5,7-9,14-16H,4H2,1H3,(H,11,12,17);1-2H3. The zero-order valence-electron chi connectivity index (χ0n) is 11.7. The molecule has 0 radical (unpaired) electrons. The quantitative estimate of drug-likeness (QED) is 0.559. The van der Waals surface area contributed by atoms with Gasteiger partial charge in [-0.1, -0.05) is 13.8 Å². The Labute approximate surface area is 116 Å². The van der Waals surface area contributed by atoms with Gasteiger partial charge in [-0.2, -0.15) is 4.98 Å². The van der Waals surface area contributed by atoms with E-state index in [4.69, 9.17) is 9.84 Å². The molecule has 4 atom stereocenters. The van der Waals surface area contributed by atoms with E-state index >= 15 is 0 Å². The first-order valence-corrected chi connectivity index (χ1v) is 6.48. The van der Waals surface area contributed by atoms with Crippen LogP contribution in [0, 0.1) is 0 Å². The first-order chi connectivity index (χ1) is 9.58. The maximum absolute atomic E-state index is 11.7. The van der Waals surface area contributed by atoms with E-state index in [0.29, 0.717) is 5.82 Å². The molecule has 114 valence electrons. The molecule has 1 aliphatic heterocycles. The summed E-state index contributed by atoms with van der Waals surface area (Å²) in [6, 6.07) is 1.54. The van der Waals surface area contributed by atoms with E-state index in [9.17, 15) is 15.0 Å². The van der Waals surface area contributed by atoms with Crippen LogP contribution in [0.1, 0.15) is 20.1 Å². The van der Waals surface area contributed by atoms with Crippen molar-refractivity contribution in [1.82, 2.24) is 9.55 Å². The average molecular weight is 287 g/mol. The van der Waals surface area contributed by atoms with Gasteiger partial charge in [0.15, 0.2) is 6.23 Å². The average Bonchev–Trinajstić information content (AvgIpc) is 2.77. The predicted molar refractivity (Wildman–Crippen MR) is 72.4 cm³/mol. The minimum Gasteiger partial charge on any atom is -0.394 e. The van der Waals surface area contributed by atoms with Gasteiger partial charge in [0.1, 0.15) is 24.1 Å². The number of aromatic nitrogens is 2. The molecule has 0 aliphatic carbocycles. The van der Waals surface area contributed by atoms with E-state index in [0.717, 1.165) is 4.57 Å². The fourth-order valence-corrected chi connectivity index (χ4v) is 1.86. The van der Waals surface area contributed by atoms with Gasteiger partial charge in [-0.05, 0) is 6.07 Å². The van der Waals surface area contributed by atoms with E-state index in [1.807, 2.05) is 13.8 Å². The molecule has 4 unspecified atom stereocenters. The first-order valence-electron chi connectivity index (χ1n) is 6.48. The summed E-state index contributed by atoms with van der Waals surface area (Å²) in [5, 5.41) is 31.0. The van der Waals surface area contributed by atoms with Crippen LogP contribution in [0.15, 0.2) is 17.1 Å². The third-order valence-electron chi connectivity index (χ3n) is 2.88. The number of rotatable bonds is 3. The lowest BCUT2D eigenvalue weighted by atomic mass is 10.1. The third-order valence-corrected chi connectivity index (χ3v) is 2.88. The molecule has 1 fully saturated rings. The fourth-order valence-electron chi connectivity index (χ4n) is 1.86. The van der Waals surface area contributed by atoms with Crippen LogP contribution in [0.3, 0.4) is 0 Å². The van der Waals surface area contributed by atoms with Crippen molar-refractivity contribution in [2.45, 2.75) is 38.4 Å². The van der Waals surface area contributed by atoms with Crippen molar-refractivity contribution in [2.24, 2.45) is 0 Å². The maximum atomic E-state index is 11.7. The van der Waals surface area contributed by atoms with Crippen molar-refractivity contribution in [1.29, 1.82) is 0 Å². The van der Waals surface area contributed by atoms with Crippen molar-refractivity contribution in [3.63, 3.8) is 0 Å². The number of aliphatic hydroxyl groups excluding tert-OH is 3. The molecule has 4 N–H and O–H groups in total. The topological polar surface area (TPSA) is 117 Å². The fraction of sp³-hybridized carbons (Fsp3) is 0.667. The molecule has 1 aromatic rings. The maximum Gasteiger partial charge on any atom is 0.351 e. The number of anilines is 1. The molecule has 8 heteroatoms. The molecule has 0 saturated carbocycles. The molecular formula is C12H21N3O5. The molecule has 0 bridgehead atoms. The lowest BCUT2D eigenvalue weighted by molar-refractivity contribution is -0.0549. The summed E-state index contributed by atoms with van der Waals surface area (Å²) in [6.07, 6.45) is -3.09. The predicted octanol–water partition coefficient (Wildman–Crippen LogP) is -1.08. The minimum absolute atomic E-state index is 0.392. The van der Waals surface area contributed by atoms with E-state index in [1.165, 1.54) is 12.3 Å². The zero-order chi connectivity index (χ0) is 15.3. The second-order valence-electron chi connectivity index (χ2n) is 3.98. The third kappa shape index (κ3) is 3.15. The zero-order valence-corrected chi connectivity index (χ0v) is 11.7. The Kier molecular flexibility index (Phi) is 6.08. The number of hydrogen-bond donors (Lipinski definition) is 4. The van der Waals surface area contributed by atoms with Gasteiger partial charge in [0, 0.05) is 13.2 Å². The van der Waals surface area contributed by atoms with Crippen molar-refractivity contribution < 1.29 is 20.1 Å². The molecule has 0 spiro atoms. The molecule has 0 amide bonds. The highest BCUT2D eigenvalue weighted by Gasteiger charge is 2.43. The molecule has 2 rings (SSSR count). The lowest BCUT2D eigenvalue weighted by Gasteiger charge is -2.17. The van der Waals surface area contributed by atoms with Crippen molar-refractivity contribution in [3.8, 4) is 0 Å². The summed E-state index contributed by atoms with van der Waals surface area (Å²) < 4.78 is 6.30. The SMILES string of the molecule is CC.CNc1ccn(C2OC(CO)C(O)C2O)c(=O)n1. The highest BCUT2D eigenvalue weighted by atomic mass is 16.6. The van der Waals surface area contributed by atoms with Gasteiger partial charge < -0.3 is 25.4 Å². The Balaban J connectivity index is 0.000000956. The highest BCUT2D eigenvalue weighted by Crippen LogP contribution is 2.27. The number of nitrogens with zero attached hydrogens (tertiary/aromatic N) is 2. The second kappa shape index (κ2) is 7.34. The lowest BCUT2D eigenvalue weighted by Crippen LogP contribution is -2.36. The van der Waals surface area contributed by atoms with Crippen LogP contribution >= 0.6 is 0 Å². The van der Waals surface area contributed by atoms with Gasteiger partial charge in [0.25, 0.3) is 0 Å². The largest absolute Gasteiger partial charge is 0.394 e. The van der Waals surface area contributed by atoms with E-state index < -0.39 is 36.8 Å². The molecule has 1 aliphatic rings. The Morgan fingerprint density at radius 1 is 1.40 bits per heavy atom. The van der Waals surface area contributed by atoms with Crippen molar-refractivity contribution in [2.75, 3.05) is 19.0 Å². The summed E-state index contributed by atoms with van der Waals surface area (Å²) in [7, 11) is 1.62. The monoisotopic (exact) mass is 287 g/mol. The van der Waals surface area contributed by atoms with Gasteiger partial charge in [0.05, 0.1) is 6.61 Å². The summed E-state index contributed by atoms with van der Waals surface area (Å²) >= 11 is 0. The van der Waals surface area contributed by atoms with Gasteiger partial charge in [-0.25, -0.2) is 4.79 Å². The molecule has 8 nitrogen and oxygen atoms in total. The van der Waals surface area contributed by atoms with E-state index in [2.05, 4.69) is 10.3 Å². The number of nitrogens with one attached hydrogen (secondary N) is 1. The van der Waals surface area contributed by atoms with Crippen LogP contribution in [0.5, 0.6) is 0 Å². The van der Waals surface area contributed by atoms with Crippen LogP contribution < -0.4 is 11.0 Å². The Morgan fingerprint density at radius 2 is 2.05 bits per heavy atom. The van der Waals surface area contributed by atoms with Crippen LogP contribution in [0.4, 0.5) is 5.82 Å². The second-order valence-corrected chi connectivity index (χ2v) is 3.98. The smallest absolute Gasteiger partial charge is 0.351 e. The Morgan fingerprint density at radius 3 is 2.50 bits per heavy atom. The van der Waals surface area contributed by atoms with Gasteiger partial charge in [-0.15, -0.1) is 0 Å². The van der Waals surface area contributed by atoms with Crippen LogP contribution in [0.25, 0.3) is 0 Å². The van der Waals surface area contributed by atoms with Crippen molar-refractivity contribution >= 4 is 5.82 Å². The highest BCUT2D eigenvalue weighted by molar-refractivity contribution is 5.30. The minimum atomic E-state index is -1.29. The molecule has 2 heterocycles. The summed E-state index contributed by atoms with van der Waals surface area (Å²) in [5.74, 6) is 0.392. The normalized spacial score (nSPS) is 28.7.